The van der Waals surface area contributed by atoms with Gasteiger partial charge in [0.1, 0.15) is 18.2 Å². The highest BCUT2D eigenvalue weighted by Crippen LogP contribution is 2.25. The summed E-state index contributed by atoms with van der Waals surface area (Å²) in [5.41, 5.74) is 3.48. The first-order valence-corrected chi connectivity index (χ1v) is 13.7. The summed E-state index contributed by atoms with van der Waals surface area (Å²) in [6, 6.07) is 17.3. The van der Waals surface area contributed by atoms with E-state index in [0.29, 0.717) is 40.7 Å². The predicted molar refractivity (Wildman–Crippen MR) is 141 cm³/mol. The summed E-state index contributed by atoms with van der Waals surface area (Å²) in [5.74, 6) is -0.789. The zero-order valence-electron chi connectivity index (χ0n) is 19.6. The molecule has 0 aliphatic carbocycles. The summed E-state index contributed by atoms with van der Waals surface area (Å²) in [6.45, 7) is 0.404. The van der Waals surface area contributed by atoms with Gasteiger partial charge in [0.25, 0.3) is 0 Å². The van der Waals surface area contributed by atoms with Crippen LogP contribution in [0.4, 0.5) is 4.39 Å². The maximum absolute atomic E-state index is 13.9. The number of ether oxygens (including phenoxy) is 1. The molecule has 1 N–H and O–H groups in total. The van der Waals surface area contributed by atoms with Crippen molar-refractivity contribution < 1.29 is 22.3 Å². The van der Waals surface area contributed by atoms with Crippen molar-refractivity contribution in [2.75, 3.05) is 13.1 Å². The number of rotatable bonds is 8. The van der Waals surface area contributed by atoms with Gasteiger partial charge in [-0.3, -0.25) is 4.79 Å². The van der Waals surface area contributed by atoms with Gasteiger partial charge in [-0.1, -0.05) is 29.3 Å². The van der Waals surface area contributed by atoms with Gasteiger partial charge in [0.05, 0.1) is 22.1 Å². The van der Waals surface area contributed by atoms with Crippen molar-refractivity contribution in [3.8, 4) is 5.75 Å². The number of benzene rings is 3. The van der Waals surface area contributed by atoms with Gasteiger partial charge in [0.15, 0.2) is 0 Å². The minimum Gasteiger partial charge on any atom is -0.489 e. The lowest BCUT2D eigenvalue weighted by Gasteiger charge is -2.30. The van der Waals surface area contributed by atoms with Crippen molar-refractivity contribution in [1.82, 2.24) is 9.73 Å². The quantitative estimate of drug-likeness (QED) is 0.299. The number of sulfonamides is 1. The number of hydrogen-bond donors (Lipinski definition) is 1. The normalized spacial score (nSPS) is 16.6. The number of carbonyl (C=O) groups excluding carboxylic acids is 1. The van der Waals surface area contributed by atoms with Gasteiger partial charge in [0, 0.05) is 23.7 Å². The Balaban J connectivity index is 1.30. The molecule has 1 aliphatic rings. The largest absolute Gasteiger partial charge is 0.489 e. The number of hydrazone groups is 1. The fraction of sp³-hybridized carbons (Fsp3) is 0.231. The number of nitrogens with one attached hydrogen (secondary N) is 1. The van der Waals surface area contributed by atoms with Crippen molar-refractivity contribution in [3.05, 3.63) is 93.7 Å². The van der Waals surface area contributed by atoms with Crippen LogP contribution in [0.15, 0.2) is 76.7 Å². The average molecular weight is 564 g/mol. The fourth-order valence-electron chi connectivity index (χ4n) is 3.87. The monoisotopic (exact) mass is 563 g/mol. The molecule has 37 heavy (non-hydrogen) atoms. The lowest BCUT2D eigenvalue weighted by atomic mass is 9.99. The summed E-state index contributed by atoms with van der Waals surface area (Å²) in [7, 11) is -3.72. The summed E-state index contributed by atoms with van der Waals surface area (Å²) in [4.78, 5) is 12.8. The van der Waals surface area contributed by atoms with E-state index < -0.39 is 21.8 Å². The Morgan fingerprint density at radius 2 is 1.84 bits per heavy atom. The standard InChI is InChI=1S/C26H24Cl2FN3O4S/c27-20-8-12-22(13-9-20)37(34,35)32-14-2-3-19(16-32)26(33)31-30-15-18-6-10-21(11-7-18)36-17-23-24(28)4-1-5-25(23)29/h1,4-13,15,19H,2-3,14,16-17H2,(H,31,33)/b30-15+. The van der Waals surface area contributed by atoms with Crippen LogP contribution in [0.2, 0.25) is 10.0 Å². The van der Waals surface area contributed by atoms with Crippen molar-refractivity contribution in [1.29, 1.82) is 0 Å². The lowest BCUT2D eigenvalue weighted by Crippen LogP contribution is -2.44. The number of nitrogens with zero attached hydrogens (tertiary/aromatic N) is 2. The van der Waals surface area contributed by atoms with E-state index in [2.05, 4.69) is 10.5 Å². The first-order chi connectivity index (χ1) is 17.7. The Hall–Kier alpha value is -2.98. The van der Waals surface area contributed by atoms with E-state index in [1.54, 1.807) is 30.3 Å². The molecule has 3 aromatic carbocycles. The minimum atomic E-state index is -3.72. The van der Waals surface area contributed by atoms with Crippen LogP contribution >= 0.6 is 23.2 Å². The molecule has 1 atom stereocenters. The Bertz CT molecular complexity index is 1360. The summed E-state index contributed by atoms with van der Waals surface area (Å²) in [5, 5.41) is 4.74. The molecule has 194 valence electrons. The number of hydrogen-bond acceptors (Lipinski definition) is 5. The predicted octanol–water partition coefficient (Wildman–Crippen LogP) is 5.26. The highest BCUT2D eigenvalue weighted by Gasteiger charge is 2.33. The smallest absolute Gasteiger partial charge is 0.244 e. The molecule has 1 heterocycles. The van der Waals surface area contributed by atoms with Gasteiger partial charge in [-0.25, -0.2) is 18.2 Å². The van der Waals surface area contributed by atoms with Gasteiger partial charge in [-0.05, 0) is 79.1 Å². The Labute approximate surface area is 224 Å². The van der Waals surface area contributed by atoms with Gasteiger partial charge < -0.3 is 4.74 Å². The first kappa shape index (κ1) is 27.1. The van der Waals surface area contributed by atoms with Crippen LogP contribution in [-0.2, 0) is 21.4 Å². The van der Waals surface area contributed by atoms with Gasteiger partial charge in [-0.2, -0.15) is 9.41 Å². The molecule has 1 saturated heterocycles. The van der Waals surface area contributed by atoms with E-state index in [4.69, 9.17) is 27.9 Å². The molecule has 0 bridgehead atoms. The summed E-state index contributed by atoms with van der Waals surface area (Å²) >= 11 is 11.9. The fourth-order valence-corrected chi connectivity index (χ4v) is 5.74. The molecule has 0 saturated carbocycles. The molecule has 3 aromatic rings. The zero-order valence-corrected chi connectivity index (χ0v) is 21.9. The molecule has 1 fully saturated rings. The summed E-state index contributed by atoms with van der Waals surface area (Å²) in [6.07, 6.45) is 2.60. The highest BCUT2D eigenvalue weighted by molar-refractivity contribution is 7.89. The third-order valence-electron chi connectivity index (χ3n) is 5.92. The van der Waals surface area contributed by atoms with Crippen molar-refractivity contribution in [2.24, 2.45) is 11.0 Å². The van der Waals surface area contributed by atoms with Crippen LogP contribution < -0.4 is 10.2 Å². The number of carbonyl (C=O) groups is 1. The highest BCUT2D eigenvalue weighted by atomic mass is 35.5. The van der Waals surface area contributed by atoms with Crippen LogP contribution in [0.3, 0.4) is 0 Å². The van der Waals surface area contributed by atoms with Crippen LogP contribution in [-0.4, -0.2) is 37.9 Å². The van der Waals surface area contributed by atoms with Gasteiger partial charge in [-0.15, -0.1) is 0 Å². The average Bonchev–Trinajstić information content (AvgIpc) is 2.89. The van der Waals surface area contributed by atoms with Gasteiger partial charge >= 0.3 is 0 Å². The van der Waals surface area contributed by atoms with Crippen molar-refractivity contribution in [2.45, 2.75) is 24.3 Å². The molecule has 7 nitrogen and oxygen atoms in total. The third kappa shape index (κ3) is 6.87. The van der Waals surface area contributed by atoms with Crippen LogP contribution in [0.5, 0.6) is 5.75 Å². The minimum absolute atomic E-state index is 0.0128. The van der Waals surface area contributed by atoms with Crippen molar-refractivity contribution in [3.63, 3.8) is 0 Å². The molecule has 11 heteroatoms. The maximum Gasteiger partial charge on any atom is 0.244 e. The molecule has 1 aliphatic heterocycles. The van der Waals surface area contributed by atoms with Crippen LogP contribution in [0, 0.1) is 11.7 Å². The van der Waals surface area contributed by atoms with E-state index in [0.717, 1.165) is 0 Å². The van der Waals surface area contributed by atoms with Crippen LogP contribution in [0.1, 0.15) is 24.0 Å². The van der Waals surface area contributed by atoms with E-state index >= 15 is 0 Å². The second kappa shape index (κ2) is 12.0. The number of halogens is 3. The molecule has 1 unspecified atom stereocenters. The van der Waals surface area contributed by atoms with E-state index in [1.165, 1.54) is 46.9 Å². The molecule has 0 radical (unpaired) electrons. The van der Waals surface area contributed by atoms with Gasteiger partial charge in [0.2, 0.25) is 15.9 Å². The molecule has 0 aromatic heterocycles. The molecular formula is C26H24Cl2FN3O4S. The van der Waals surface area contributed by atoms with E-state index in [-0.39, 0.29) is 29.5 Å². The van der Waals surface area contributed by atoms with E-state index in [9.17, 15) is 17.6 Å². The Morgan fingerprint density at radius 3 is 2.54 bits per heavy atom. The number of piperidine rings is 1. The molecule has 1 amide bonds. The second-order valence-electron chi connectivity index (χ2n) is 8.45. The summed E-state index contributed by atoms with van der Waals surface area (Å²) < 4.78 is 46.7. The first-order valence-electron chi connectivity index (χ1n) is 11.5. The Morgan fingerprint density at radius 1 is 1.11 bits per heavy atom. The molecule has 0 spiro atoms. The Kier molecular flexibility index (Phi) is 8.81. The lowest BCUT2D eigenvalue weighted by molar-refractivity contribution is -0.126. The number of amides is 1. The second-order valence-corrected chi connectivity index (χ2v) is 11.2. The van der Waals surface area contributed by atoms with E-state index in [1.807, 2.05) is 0 Å². The molecular weight excluding hydrogens is 540 g/mol. The molecule has 4 rings (SSSR count). The third-order valence-corrected chi connectivity index (χ3v) is 8.41. The topological polar surface area (TPSA) is 88.1 Å². The van der Waals surface area contributed by atoms with Crippen LogP contribution in [0.25, 0.3) is 0 Å². The maximum atomic E-state index is 13.9. The van der Waals surface area contributed by atoms with Crippen molar-refractivity contribution >= 4 is 45.3 Å². The zero-order chi connectivity index (χ0) is 26.4. The SMILES string of the molecule is O=C(N/N=C/c1ccc(OCc2c(F)cccc2Cl)cc1)C1CCCN(S(=O)(=O)c2ccc(Cl)cc2)C1.